The molecule has 0 radical (unpaired) electrons. The Hall–Kier alpha value is -0.450. The SMILES string of the molecule is Cc1csc(C2CCNC2CO)n1. The summed E-state index contributed by atoms with van der Waals surface area (Å²) in [5, 5.41) is 15.6. The van der Waals surface area contributed by atoms with E-state index in [2.05, 4.69) is 15.7 Å². The van der Waals surface area contributed by atoms with Gasteiger partial charge in [-0.3, -0.25) is 0 Å². The van der Waals surface area contributed by atoms with Gasteiger partial charge in [0.05, 0.1) is 11.6 Å². The molecule has 1 aromatic heterocycles. The van der Waals surface area contributed by atoms with Crippen LogP contribution in [0.25, 0.3) is 0 Å². The van der Waals surface area contributed by atoms with Crippen LogP contribution in [0.3, 0.4) is 0 Å². The minimum absolute atomic E-state index is 0.212. The maximum atomic E-state index is 9.12. The molecule has 1 aliphatic rings. The summed E-state index contributed by atoms with van der Waals surface area (Å²) in [6.07, 6.45) is 1.10. The van der Waals surface area contributed by atoms with E-state index in [4.69, 9.17) is 5.11 Å². The van der Waals surface area contributed by atoms with Crippen LogP contribution in [0.15, 0.2) is 5.38 Å². The summed E-state index contributed by atoms with van der Waals surface area (Å²) in [6, 6.07) is 0.213. The number of thiazole rings is 1. The molecular formula is C9H14N2OS. The molecule has 0 saturated carbocycles. The third-order valence-electron chi connectivity index (χ3n) is 2.50. The van der Waals surface area contributed by atoms with Crippen molar-refractivity contribution in [2.75, 3.05) is 13.2 Å². The van der Waals surface area contributed by atoms with Gasteiger partial charge in [-0.05, 0) is 19.9 Å². The molecule has 0 aromatic carbocycles. The van der Waals surface area contributed by atoms with Crippen LogP contribution in [-0.2, 0) is 0 Å². The lowest BCUT2D eigenvalue weighted by Gasteiger charge is -2.13. The van der Waals surface area contributed by atoms with Crippen molar-refractivity contribution in [3.63, 3.8) is 0 Å². The Morgan fingerprint density at radius 2 is 2.62 bits per heavy atom. The highest BCUT2D eigenvalue weighted by molar-refractivity contribution is 7.09. The second kappa shape index (κ2) is 3.74. The average Bonchev–Trinajstić information content (AvgIpc) is 2.71. The first kappa shape index (κ1) is 9.12. The Balaban J connectivity index is 2.15. The summed E-state index contributed by atoms with van der Waals surface area (Å²) < 4.78 is 0. The van der Waals surface area contributed by atoms with Crippen LogP contribution in [0.1, 0.15) is 23.0 Å². The van der Waals surface area contributed by atoms with E-state index < -0.39 is 0 Å². The predicted octanol–water partition coefficient (Wildman–Crippen LogP) is 0.889. The Labute approximate surface area is 81.8 Å². The fourth-order valence-electron chi connectivity index (χ4n) is 1.80. The molecule has 2 atom stereocenters. The molecule has 0 aliphatic carbocycles. The van der Waals surface area contributed by atoms with Gasteiger partial charge in [-0.1, -0.05) is 0 Å². The summed E-state index contributed by atoms with van der Waals surface area (Å²) in [7, 11) is 0. The number of rotatable bonds is 2. The Bertz CT molecular complexity index is 287. The summed E-state index contributed by atoms with van der Waals surface area (Å²) in [4.78, 5) is 4.46. The largest absolute Gasteiger partial charge is 0.395 e. The van der Waals surface area contributed by atoms with Crippen LogP contribution < -0.4 is 5.32 Å². The van der Waals surface area contributed by atoms with Crippen molar-refractivity contribution >= 4 is 11.3 Å². The van der Waals surface area contributed by atoms with E-state index >= 15 is 0 Å². The monoisotopic (exact) mass is 198 g/mol. The highest BCUT2D eigenvalue weighted by Crippen LogP contribution is 2.29. The normalized spacial score (nSPS) is 28.2. The number of hydrogen-bond donors (Lipinski definition) is 2. The highest BCUT2D eigenvalue weighted by Gasteiger charge is 2.29. The van der Waals surface area contributed by atoms with Crippen LogP contribution in [0.5, 0.6) is 0 Å². The van der Waals surface area contributed by atoms with Crippen LogP contribution in [0, 0.1) is 6.92 Å². The van der Waals surface area contributed by atoms with Crippen LogP contribution in [0.4, 0.5) is 0 Å². The quantitative estimate of drug-likeness (QED) is 0.742. The highest BCUT2D eigenvalue weighted by atomic mass is 32.1. The van der Waals surface area contributed by atoms with E-state index in [1.165, 1.54) is 5.01 Å². The van der Waals surface area contributed by atoms with Crippen molar-refractivity contribution < 1.29 is 5.11 Å². The predicted molar refractivity (Wildman–Crippen MR) is 53.1 cm³/mol. The van der Waals surface area contributed by atoms with Crippen molar-refractivity contribution in [2.45, 2.75) is 25.3 Å². The molecule has 2 N–H and O–H groups in total. The molecular weight excluding hydrogens is 184 g/mol. The first-order chi connectivity index (χ1) is 6.31. The van der Waals surface area contributed by atoms with Gasteiger partial charge in [0, 0.05) is 23.0 Å². The second-order valence-corrected chi connectivity index (χ2v) is 4.36. The molecule has 1 aliphatic heterocycles. The van der Waals surface area contributed by atoms with Crippen molar-refractivity contribution in [3.05, 3.63) is 16.1 Å². The zero-order chi connectivity index (χ0) is 9.26. The fraction of sp³-hybridized carbons (Fsp3) is 0.667. The number of nitrogens with one attached hydrogen (secondary N) is 1. The summed E-state index contributed by atoms with van der Waals surface area (Å²) in [5.41, 5.74) is 1.09. The third-order valence-corrected chi connectivity index (χ3v) is 3.59. The first-order valence-corrected chi connectivity index (χ1v) is 5.45. The molecule has 2 unspecified atom stereocenters. The van der Waals surface area contributed by atoms with Crippen molar-refractivity contribution in [1.82, 2.24) is 10.3 Å². The third kappa shape index (κ3) is 1.75. The second-order valence-electron chi connectivity index (χ2n) is 3.47. The van der Waals surface area contributed by atoms with E-state index in [1.807, 2.05) is 6.92 Å². The summed E-state index contributed by atoms with van der Waals surface area (Å²) in [5.74, 6) is 0.420. The number of aromatic nitrogens is 1. The number of nitrogens with zero attached hydrogens (tertiary/aromatic N) is 1. The molecule has 2 heterocycles. The van der Waals surface area contributed by atoms with Crippen LogP contribution in [-0.4, -0.2) is 29.3 Å². The molecule has 72 valence electrons. The Morgan fingerprint density at radius 3 is 3.23 bits per heavy atom. The Kier molecular flexibility index (Phi) is 2.62. The number of aliphatic hydroxyl groups excluding tert-OH is 1. The lowest BCUT2D eigenvalue weighted by atomic mass is 10.0. The van der Waals surface area contributed by atoms with Gasteiger partial charge in [0.1, 0.15) is 0 Å². The lowest BCUT2D eigenvalue weighted by molar-refractivity contribution is 0.245. The molecule has 1 saturated heterocycles. The molecule has 3 nitrogen and oxygen atoms in total. The minimum Gasteiger partial charge on any atom is -0.395 e. The molecule has 13 heavy (non-hydrogen) atoms. The van der Waals surface area contributed by atoms with Crippen LogP contribution in [0.2, 0.25) is 0 Å². The lowest BCUT2D eigenvalue weighted by Crippen LogP contribution is -2.29. The van der Waals surface area contributed by atoms with E-state index in [1.54, 1.807) is 11.3 Å². The van der Waals surface area contributed by atoms with Gasteiger partial charge >= 0.3 is 0 Å². The standard InChI is InChI=1S/C9H14N2OS/c1-6-5-13-9(11-6)7-2-3-10-8(7)4-12/h5,7-8,10,12H,2-4H2,1H3. The maximum Gasteiger partial charge on any atom is 0.0976 e. The molecule has 0 bridgehead atoms. The van der Waals surface area contributed by atoms with Gasteiger partial charge in [0.15, 0.2) is 0 Å². The smallest absolute Gasteiger partial charge is 0.0976 e. The molecule has 1 fully saturated rings. The van der Waals surface area contributed by atoms with Gasteiger partial charge in [0.2, 0.25) is 0 Å². The minimum atomic E-state index is 0.212. The van der Waals surface area contributed by atoms with Crippen LogP contribution >= 0.6 is 11.3 Å². The van der Waals surface area contributed by atoms with Gasteiger partial charge in [-0.2, -0.15) is 0 Å². The zero-order valence-electron chi connectivity index (χ0n) is 7.66. The van der Waals surface area contributed by atoms with Crippen molar-refractivity contribution in [2.24, 2.45) is 0 Å². The van der Waals surface area contributed by atoms with Gasteiger partial charge in [0.25, 0.3) is 0 Å². The van der Waals surface area contributed by atoms with Gasteiger partial charge in [-0.15, -0.1) is 11.3 Å². The van der Waals surface area contributed by atoms with E-state index in [-0.39, 0.29) is 12.6 Å². The van der Waals surface area contributed by atoms with E-state index in [9.17, 15) is 0 Å². The summed E-state index contributed by atoms with van der Waals surface area (Å²) in [6.45, 7) is 3.22. The van der Waals surface area contributed by atoms with E-state index in [0.29, 0.717) is 5.92 Å². The van der Waals surface area contributed by atoms with Gasteiger partial charge in [-0.25, -0.2) is 4.98 Å². The van der Waals surface area contributed by atoms with Crippen molar-refractivity contribution in [3.8, 4) is 0 Å². The number of aliphatic hydroxyl groups is 1. The van der Waals surface area contributed by atoms with Gasteiger partial charge < -0.3 is 10.4 Å². The fourth-order valence-corrected chi connectivity index (χ4v) is 2.80. The zero-order valence-corrected chi connectivity index (χ0v) is 8.47. The molecule has 0 amide bonds. The molecule has 4 heteroatoms. The molecule has 1 aromatic rings. The average molecular weight is 198 g/mol. The number of aryl methyl sites for hydroxylation is 1. The maximum absolute atomic E-state index is 9.12. The summed E-state index contributed by atoms with van der Waals surface area (Å²) >= 11 is 1.70. The molecule has 2 rings (SSSR count). The topological polar surface area (TPSA) is 45.1 Å². The first-order valence-electron chi connectivity index (χ1n) is 4.57. The molecule has 0 spiro atoms. The number of hydrogen-bond acceptors (Lipinski definition) is 4. The Morgan fingerprint density at radius 1 is 1.77 bits per heavy atom. The van der Waals surface area contributed by atoms with Crippen molar-refractivity contribution in [1.29, 1.82) is 0 Å². The van der Waals surface area contributed by atoms with E-state index in [0.717, 1.165) is 18.7 Å².